The fraction of sp³-hybridized carbons (Fsp3) is 0.0741. The number of halogens is 1. The molecule has 2 aromatic heterocycles. The van der Waals surface area contributed by atoms with Crippen LogP contribution < -0.4 is 10.6 Å². The van der Waals surface area contributed by atoms with E-state index in [1.807, 2.05) is 42.5 Å². The van der Waals surface area contributed by atoms with E-state index in [2.05, 4.69) is 15.6 Å². The highest BCUT2D eigenvalue weighted by Gasteiger charge is 2.48. The number of para-hydroxylation sites is 1. The van der Waals surface area contributed by atoms with Crippen molar-refractivity contribution in [1.82, 2.24) is 20.2 Å². The molecule has 3 heterocycles. The predicted molar refractivity (Wildman–Crippen MR) is 129 cm³/mol. The first-order valence-corrected chi connectivity index (χ1v) is 11.0. The van der Waals surface area contributed by atoms with Crippen LogP contribution in [0.25, 0.3) is 32.8 Å². The highest BCUT2D eigenvalue weighted by molar-refractivity contribution is 6.07. The molecular formula is C27H19FN4O3. The van der Waals surface area contributed by atoms with Gasteiger partial charge in [0.2, 0.25) is 0 Å². The van der Waals surface area contributed by atoms with Gasteiger partial charge < -0.3 is 15.0 Å². The van der Waals surface area contributed by atoms with E-state index in [4.69, 9.17) is 0 Å². The Morgan fingerprint density at radius 3 is 2.51 bits per heavy atom. The summed E-state index contributed by atoms with van der Waals surface area (Å²) < 4.78 is 15.1. The molecule has 172 valence electrons. The first-order valence-electron chi connectivity index (χ1n) is 11.0. The van der Waals surface area contributed by atoms with Gasteiger partial charge in [-0.15, -0.1) is 0 Å². The normalized spacial score (nSPS) is 17.6. The molecule has 5 aromatic rings. The number of nitrogens with zero attached hydrogens (tertiary/aromatic N) is 2. The summed E-state index contributed by atoms with van der Waals surface area (Å²) in [6.45, 7) is -0.0798. The third kappa shape index (κ3) is 3.38. The molecule has 0 bridgehead atoms. The number of carbonyl (C=O) groups is 2. The van der Waals surface area contributed by atoms with Crippen molar-refractivity contribution in [3.8, 4) is 17.0 Å². The summed E-state index contributed by atoms with van der Waals surface area (Å²) in [5.41, 5.74) is 1.80. The predicted octanol–water partition coefficient (Wildman–Crippen LogP) is 4.44. The average Bonchev–Trinajstić information content (AvgIpc) is 3.33. The number of fused-ring (bicyclic) bond motifs is 2. The lowest BCUT2D eigenvalue weighted by atomic mass is 9.88. The first-order chi connectivity index (χ1) is 16.9. The van der Waals surface area contributed by atoms with Crippen molar-refractivity contribution in [2.75, 3.05) is 0 Å². The van der Waals surface area contributed by atoms with Crippen LogP contribution in [-0.2, 0) is 16.9 Å². The third-order valence-electron chi connectivity index (χ3n) is 6.47. The number of benzene rings is 3. The number of hydrogen-bond acceptors (Lipinski definition) is 4. The summed E-state index contributed by atoms with van der Waals surface area (Å²) in [7, 11) is 0. The minimum absolute atomic E-state index is 0.0798. The summed E-state index contributed by atoms with van der Waals surface area (Å²) in [4.78, 5) is 29.7. The smallest absolute Gasteiger partial charge is 0.322 e. The maximum Gasteiger partial charge on any atom is 0.322 e. The molecule has 0 unspecified atom stereocenters. The van der Waals surface area contributed by atoms with Crippen molar-refractivity contribution in [3.63, 3.8) is 0 Å². The number of aromatic nitrogens is 2. The zero-order valence-electron chi connectivity index (χ0n) is 18.3. The second-order valence-electron chi connectivity index (χ2n) is 8.62. The Morgan fingerprint density at radius 1 is 0.943 bits per heavy atom. The van der Waals surface area contributed by atoms with Gasteiger partial charge in [0.1, 0.15) is 5.82 Å². The van der Waals surface area contributed by atoms with Gasteiger partial charge in [-0.3, -0.25) is 15.1 Å². The van der Waals surface area contributed by atoms with Gasteiger partial charge in [-0.2, -0.15) is 0 Å². The molecule has 0 radical (unpaired) electrons. The van der Waals surface area contributed by atoms with Crippen LogP contribution >= 0.6 is 0 Å². The molecule has 0 saturated carbocycles. The Labute approximate surface area is 198 Å². The van der Waals surface area contributed by atoms with Crippen molar-refractivity contribution >= 4 is 33.6 Å². The highest BCUT2D eigenvalue weighted by Crippen LogP contribution is 2.34. The zero-order valence-corrected chi connectivity index (χ0v) is 18.3. The van der Waals surface area contributed by atoms with Crippen LogP contribution in [-0.4, -0.2) is 26.6 Å². The van der Waals surface area contributed by atoms with Crippen LogP contribution in [0.2, 0.25) is 0 Å². The summed E-state index contributed by atoms with van der Waals surface area (Å²) in [6, 6.07) is 20.6. The topological polar surface area (TPSA) is 96.2 Å². The lowest BCUT2D eigenvalue weighted by Gasteiger charge is -2.27. The maximum absolute atomic E-state index is 13.7. The van der Waals surface area contributed by atoms with E-state index in [1.54, 1.807) is 30.6 Å². The van der Waals surface area contributed by atoms with E-state index in [0.29, 0.717) is 16.3 Å². The number of aromatic hydroxyl groups is 1. The molecule has 8 heteroatoms. The summed E-state index contributed by atoms with van der Waals surface area (Å²) in [5.74, 6) is -1.21. The van der Waals surface area contributed by atoms with Gasteiger partial charge in [-0.05, 0) is 41.5 Å². The van der Waals surface area contributed by atoms with Crippen molar-refractivity contribution < 1.29 is 19.1 Å². The molecule has 1 aliphatic rings. The molecule has 1 aliphatic heterocycles. The van der Waals surface area contributed by atoms with Gasteiger partial charge in [0.25, 0.3) is 5.91 Å². The van der Waals surface area contributed by atoms with Gasteiger partial charge in [0.05, 0.1) is 12.1 Å². The molecule has 6 rings (SSSR count). The number of imide groups is 1. The second-order valence-corrected chi connectivity index (χ2v) is 8.62. The molecule has 1 fully saturated rings. The molecule has 3 aromatic carbocycles. The summed E-state index contributed by atoms with van der Waals surface area (Å²) in [6.07, 6.45) is 3.42. The minimum atomic E-state index is -1.46. The van der Waals surface area contributed by atoms with Crippen molar-refractivity contribution in [1.29, 1.82) is 0 Å². The number of carbonyl (C=O) groups excluding carboxylic acids is 2. The van der Waals surface area contributed by atoms with Crippen LogP contribution in [0.5, 0.6) is 5.88 Å². The Bertz CT molecular complexity index is 1640. The Hall–Kier alpha value is -4.72. The molecular weight excluding hydrogens is 447 g/mol. The van der Waals surface area contributed by atoms with Crippen molar-refractivity contribution in [2.24, 2.45) is 0 Å². The molecule has 35 heavy (non-hydrogen) atoms. The average molecular weight is 466 g/mol. The van der Waals surface area contributed by atoms with Gasteiger partial charge in [-0.25, -0.2) is 9.18 Å². The number of nitrogens with one attached hydrogen (secondary N) is 2. The lowest BCUT2D eigenvalue weighted by Crippen LogP contribution is -2.47. The third-order valence-corrected chi connectivity index (χ3v) is 6.47. The molecule has 1 saturated heterocycles. The Kier molecular flexibility index (Phi) is 4.57. The number of rotatable bonds is 4. The largest absolute Gasteiger partial charge is 0.494 e. The SMILES string of the molecule is O=C1NC(=O)[C@](Cn2cc3ccc(F)cc3c2O)(c2ccc(-c3cnc4ccccc4c3)cc2)N1. The van der Waals surface area contributed by atoms with Gasteiger partial charge in [0, 0.05) is 34.1 Å². The Balaban J connectivity index is 1.40. The van der Waals surface area contributed by atoms with E-state index in [0.717, 1.165) is 22.0 Å². The molecule has 0 spiro atoms. The standard InChI is InChI=1S/C27H19FN4O3/c28-21-10-7-18-14-32(24(33)22(18)12-21)15-27(25(34)30-26(35)31-27)20-8-5-16(6-9-20)19-11-17-3-1-2-4-23(17)29-13-19/h1-14,33H,15H2,(H2,30,31,34,35)/t27-/m0/s1. The lowest BCUT2D eigenvalue weighted by molar-refractivity contribution is -0.124. The molecule has 1 atom stereocenters. The van der Waals surface area contributed by atoms with Crippen molar-refractivity contribution in [3.05, 3.63) is 96.6 Å². The van der Waals surface area contributed by atoms with E-state index in [9.17, 15) is 19.1 Å². The number of pyridine rings is 1. The van der Waals surface area contributed by atoms with Gasteiger partial charge in [-0.1, -0.05) is 42.5 Å². The fourth-order valence-electron chi connectivity index (χ4n) is 4.67. The van der Waals surface area contributed by atoms with E-state index < -0.39 is 23.3 Å². The van der Waals surface area contributed by atoms with E-state index in [-0.39, 0.29) is 12.4 Å². The zero-order chi connectivity index (χ0) is 24.2. The molecule has 3 amide bonds. The summed E-state index contributed by atoms with van der Waals surface area (Å²) >= 11 is 0. The molecule has 0 aliphatic carbocycles. The van der Waals surface area contributed by atoms with Crippen LogP contribution in [0, 0.1) is 5.82 Å². The maximum atomic E-state index is 13.7. The monoisotopic (exact) mass is 466 g/mol. The van der Waals surface area contributed by atoms with E-state index >= 15 is 0 Å². The minimum Gasteiger partial charge on any atom is -0.494 e. The van der Waals surface area contributed by atoms with Crippen molar-refractivity contribution in [2.45, 2.75) is 12.1 Å². The molecule has 7 nitrogen and oxygen atoms in total. The number of hydrogen-bond donors (Lipinski definition) is 3. The Morgan fingerprint density at radius 2 is 1.74 bits per heavy atom. The quantitative estimate of drug-likeness (QED) is 0.341. The summed E-state index contributed by atoms with van der Waals surface area (Å²) in [5, 5.41) is 17.7. The first kappa shape index (κ1) is 20.9. The highest BCUT2D eigenvalue weighted by atomic mass is 19.1. The number of amides is 3. The second kappa shape index (κ2) is 7.66. The van der Waals surface area contributed by atoms with Crippen LogP contribution in [0.4, 0.5) is 9.18 Å². The molecule has 3 N–H and O–H groups in total. The number of urea groups is 1. The van der Waals surface area contributed by atoms with Gasteiger partial charge in [0.15, 0.2) is 11.4 Å². The fourth-order valence-corrected chi connectivity index (χ4v) is 4.67. The van der Waals surface area contributed by atoms with Crippen LogP contribution in [0.15, 0.2) is 85.2 Å². The van der Waals surface area contributed by atoms with Crippen LogP contribution in [0.1, 0.15) is 5.56 Å². The van der Waals surface area contributed by atoms with E-state index in [1.165, 1.54) is 16.7 Å². The van der Waals surface area contributed by atoms with Gasteiger partial charge >= 0.3 is 6.03 Å². The van der Waals surface area contributed by atoms with Crippen LogP contribution in [0.3, 0.4) is 0 Å².